The number of hydrogen-bond acceptors (Lipinski definition) is 6. The van der Waals surface area contributed by atoms with Gasteiger partial charge in [-0.15, -0.1) is 0 Å². The van der Waals surface area contributed by atoms with Gasteiger partial charge in [0.2, 0.25) is 5.88 Å². The molecule has 0 aliphatic carbocycles. The standard InChI is InChI=1S/C26H32N4O5/c1-16(2)34-21-12-11-17(13-27-21)28(6)24(32)22-19-9-7-8-10-20(19)23(31)30(22)18-14-29(15-18)25(33)35-26(3,4)5/h7-13,16,18,22H,14-15H2,1-6H3. The van der Waals surface area contributed by atoms with Crippen LogP contribution in [0, 0.1) is 0 Å². The van der Waals surface area contributed by atoms with Gasteiger partial charge >= 0.3 is 6.09 Å². The fraction of sp³-hybridized carbons (Fsp3) is 0.462. The summed E-state index contributed by atoms with van der Waals surface area (Å²) in [6.45, 7) is 9.88. The highest BCUT2D eigenvalue weighted by Gasteiger charge is 2.49. The zero-order valence-corrected chi connectivity index (χ0v) is 21.0. The summed E-state index contributed by atoms with van der Waals surface area (Å²) in [6.07, 6.45) is 1.15. The number of fused-ring (bicyclic) bond motifs is 1. The van der Waals surface area contributed by atoms with Gasteiger partial charge in [-0.05, 0) is 52.3 Å². The number of amides is 3. The number of ether oxygens (including phenoxy) is 2. The lowest BCUT2D eigenvalue weighted by Crippen LogP contribution is -2.63. The first-order valence-corrected chi connectivity index (χ1v) is 11.8. The molecule has 2 aliphatic rings. The average molecular weight is 481 g/mol. The predicted molar refractivity (Wildman–Crippen MR) is 130 cm³/mol. The van der Waals surface area contributed by atoms with E-state index in [1.54, 1.807) is 47.3 Å². The third kappa shape index (κ3) is 4.94. The van der Waals surface area contributed by atoms with Crippen LogP contribution in [-0.4, -0.2) is 70.6 Å². The zero-order valence-electron chi connectivity index (χ0n) is 21.0. The van der Waals surface area contributed by atoms with Crippen molar-refractivity contribution in [1.29, 1.82) is 0 Å². The lowest BCUT2D eigenvalue weighted by atomic mass is 10.0. The maximum absolute atomic E-state index is 13.7. The summed E-state index contributed by atoms with van der Waals surface area (Å²) in [6, 6.07) is 9.57. The minimum absolute atomic E-state index is 0.00926. The van der Waals surface area contributed by atoms with Crippen molar-refractivity contribution in [3.8, 4) is 5.88 Å². The Hall–Kier alpha value is -3.62. The number of likely N-dealkylation sites (tertiary alicyclic amines) is 1. The van der Waals surface area contributed by atoms with Crippen LogP contribution in [-0.2, 0) is 9.53 Å². The third-order valence-corrected chi connectivity index (χ3v) is 5.93. The van der Waals surface area contributed by atoms with Crippen molar-refractivity contribution in [2.24, 2.45) is 0 Å². The van der Waals surface area contributed by atoms with E-state index in [4.69, 9.17) is 9.47 Å². The third-order valence-electron chi connectivity index (χ3n) is 5.93. The average Bonchev–Trinajstić information content (AvgIpc) is 3.03. The number of carbonyl (C=O) groups excluding carboxylic acids is 3. The van der Waals surface area contributed by atoms with Crippen LogP contribution in [0.2, 0.25) is 0 Å². The van der Waals surface area contributed by atoms with Gasteiger partial charge in [-0.2, -0.15) is 0 Å². The van der Waals surface area contributed by atoms with Gasteiger partial charge in [0.25, 0.3) is 11.8 Å². The van der Waals surface area contributed by atoms with Crippen LogP contribution < -0.4 is 9.64 Å². The van der Waals surface area contributed by atoms with Crippen molar-refractivity contribution in [2.75, 3.05) is 25.0 Å². The molecular weight excluding hydrogens is 448 g/mol. The maximum atomic E-state index is 13.7. The summed E-state index contributed by atoms with van der Waals surface area (Å²) in [5, 5.41) is 0. The van der Waals surface area contributed by atoms with Gasteiger partial charge in [0, 0.05) is 31.8 Å². The molecule has 0 bridgehead atoms. The van der Waals surface area contributed by atoms with Gasteiger partial charge in [0.15, 0.2) is 0 Å². The van der Waals surface area contributed by atoms with Gasteiger partial charge < -0.3 is 24.2 Å². The van der Waals surface area contributed by atoms with E-state index in [0.717, 1.165) is 0 Å². The first-order chi connectivity index (χ1) is 16.5. The van der Waals surface area contributed by atoms with Crippen LogP contribution in [0.25, 0.3) is 0 Å². The molecule has 1 unspecified atom stereocenters. The molecule has 2 aliphatic heterocycles. The van der Waals surface area contributed by atoms with Crippen LogP contribution in [0.3, 0.4) is 0 Å². The Morgan fingerprint density at radius 1 is 1.11 bits per heavy atom. The zero-order chi connectivity index (χ0) is 25.5. The molecule has 0 spiro atoms. The number of rotatable bonds is 5. The second-order valence-corrected chi connectivity index (χ2v) is 10.2. The minimum Gasteiger partial charge on any atom is -0.475 e. The minimum atomic E-state index is -0.791. The van der Waals surface area contributed by atoms with Crippen LogP contribution in [0.1, 0.15) is 56.6 Å². The molecule has 0 saturated carbocycles. The Kier molecular flexibility index (Phi) is 6.44. The van der Waals surface area contributed by atoms with Crippen molar-refractivity contribution >= 4 is 23.6 Å². The van der Waals surface area contributed by atoms with E-state index in [-0.39, 0.29) is 24.0 Å². The molecule has 1 fully saturated rings. The molecule has 9 nitrogen and oxygen atoms in total. The summed E-state index contributed by atoms with van der Waals surface area (Å²) in [5.41, 5.74) is 1.16. The Morgan fingerprint density at radius 3 is 2.40 bits per heavy atom. The monoisotopic (exact) mass is 480 g/mol. The molecular formula is C26H32N4O5. The molecule has 1 aromatic heterocycles. The van der Waals surface area contributed by atoms with Gasteiger partial charge in [-0.25, -0.2) is 9.78 Å². The molecule has 1 atom stereocenters. The number of hydrogen-bond donors (Lipinski definition) is 0. The molecule has 1 saturated heterocycles. The molecule has 3 heterocycles. The van der Waals surface area contributed by atoms with Crippen molar-refractivity contribution in [3.63, 3.8) is 0 Å². The summed E-state index contributed by atoms with van der Waals surface area (Å²) >= 11 is 0. The lowest BCUT2D eigenvalue weighted by Gasteiger charge is -2.45. The maximum Gasteiger partial charge on any atom is 0.410 e. The van der Waals surface area contributed by atoms with Gasteiger partial charge in [0.05, 0.1) is 24.0 Å². The molecule has 1 aromatic carbocycles. The van der Waals surface area contributed by atoms with E-state index in [1.807, 2.05) is 46.8 Å². The second-order valence-electron chi connectivity index (χ2n) is 10.2. The number of likely N-dealkylation sites (N-methyl/N-ethyl adjacent to an activating group) is 1. The van der Waals surface area contributed by atoms with E-state index < -0.39 is 17.7 Å². The van der Waals surface area contributed by atoms with Gasteiger partial charge in [-0.1, -0.05) is 18.2 Å². The summed E-state index contributed by atoms with van der Waals surface area (Å²) in [7, 11) is 1.67. The van der Waals surface area contributed by atoms with Crippen molar-refractivity contribution in [3.05, 3.63) is 53.7 Å². The SMILES string of the molecule is CC(C)Oc1ccc(N(C)C(=O)C2c3ccccc3C(=O)N2C2CN(C(=O)OC(C)(C)C)C2)cn1. The Labute approximate surface area is 205 Å². The highest BCUT2D eigenvalue weighted by atomic mass is 16.6. The number of benzene rings is 1. The normalized spacial score (nSPS) is 17.8. The first kappa shape index (κ1) is 24.5. The number of aromatic nitrogens is 1. The van der Waals surface area contributed by atoms with E-state index in [2.05, 4.69) is 4.98 Å². The highest BCUT2D eigenvalue weighted by molar-refractivity contribution is 6.08. The molecule has 0 N–H and O–H groups in total. The van der Waals surface area contributed by atoms with Gasteiger partial charge in [-0.3, -0.25) is 9.59 Å². The molecule has 186 valence electrons. The fourth-order valence-electron chi connectivity index (χ4n) is 4.26. The number of anilines is 1. The second kappa shape index (κ2) is 9.20. The highest BCUT2D eigenvalue weighted by Crippen LogP contribution is 2.39. The summed E-state index contributed by atoms with van der Waals surface area (Å²) < 4.78 is 11.0. The predicted octanol–water partition coefficient (Wildman–Crippen LogP) is 3.65. The summed E-state index contributed by atoms with van der Waals surface area (Å²) in [4.78, 5) is 48.5. The van der Waals surface area contributed by atoms with Crippen molar-refractivity contribution in [1.82, 2.24) is 14.8 Å². The topological polar surface area (TPSA) is 92.3 Å². The number of carbonyl (C=O) groups is 3. The molecule has 2 aromatic rings. The Morgan fingerprint density at radius 2 is 1.80 bits per heavy atom. The van der Waals surface area contributed by atoms with E-state index in [0.29, 0.717) is 35.8 Å². The molecule has 3 amide bonds. The molecule has 0 radical (unpaired) electrons. The van der Waals surface area contributed by atoms with E-state index >= 15 is 0 Å². The quantitative estimate of drug-likeness (QED) is 0.649. The Balaban J connectivity index is 1.55. The smallest absolute Gasteiger partial charge is 0.410 e. The number of pyridine rings is 1. The Bertz CT molecular complexity index is 1120. The summed E-state index contributed by atoms with van der Waals surface area (Å²) in [5.74, 6) is 0.0164. The van der Waals surface area contributed by atoms with E-state index in [9.17, 15) is 14.4 Å². The first-order valence-electron chi connectivity index (χ1n) is 11.8. The largest absolute Gasteiger partial charge is 0.475 e. The molecule has 35 heavy (non-hydrogen) atoms. The van der Waals surface area contributed by atoms with Crippen LogP contribution >= 0.6 is 0 Å². The molecule has 9 heteroatoms. The van der Waals surface area contributed by atoms with Crippen LogP contribution in [0.15, 0.2) is 42.6 Å². The van der Waals surface area contributed by atoms with Crippen molar-refractivity contribution < 1.29 is 23.9 Å². The van der Waals surface area contributed by atoms with Crippen LogP contribution in [0.4, 0.5) is 10.5 Å². The van der Waals surface area contributed by atoms with Crippen molar-refractivity contribution in [2.45, 2.75) is 58.4 Å². The van der Waals surface area contributed by atoms with E-state index in [1.165, 1.54) is 4.90 Å². The number of nitrogens with zero attached hydrogens (tertiary/aromatic N) is 4. The molecule has 4 rings (SSSR count). The van der Waals surface area contributed by atoms with Gasteiger partial charge in [0.1, 0.15) is 11.6 Å². The van der Waals surface area contributed by atoms with Crippen LogP contribution in [0.5, 0.6) is 5.88 Å². The fourth-order valence-corrected chi connectivity index (χ4v) is 4.26. The lowest BCUT2D eigenvalue weighted by molar-refractivity contribution is -0.124.